The summed E-state index contributed by atoms with van der Waals surface area (Å²) in [6.45, 7) is 1.69. The van der Waals surface area contributed by atoms with Crippen LogP contribution in [0, 0.1) is 10.1 Å². The van der Waals surface area contributed by atoms with Gasteiger partial charge in [-0.2, -0.15) is 0 Å². The number of halogens is 1. The molecular weight excluding hydrogens is 394 g/mol. The molecule has 1 fully saturated rings. The molecule has 1 atom stereocenters. The number of likely N-dealkylation sites (tertiary alicyclic amines) is 1. The molecule has 2 aromatic rings. The summed E-state index contributed by atoms with van der Waals surface area (Å²) in [5.41, 5.74) is 1.86. The zero-order valence-electron chi connectivity index (χ0n) is 15.7. The number of fused-ring (bicyclic) bond motifs is 1. The van der Waals surface area contributed by atoms with Gasteiger partial charge < -0.3 is 9.80 Å². The molecule has 8 heteroatoms. The third-order valence-corrected chi connectivity index (χ3v) is 5.92. The molecule has 0 spiro atoms. The Morgan fingerprint density at radius 3 is 2.45 bits per heavy atom. The quantitative estimate of drug-likeness (QED) is 0.570. The minimum absolute atomic E-state index is 0.0276. The van der Waals surface area contributed by atoms with Gasteiger partial charge in [0.25, 0.3) is 11.6 Å². The Morgan fingerprint density at radius 2 is 1.76 bits per heavy atom. The molecule has 7 nitrogen and oxygen atoms in total. The number of carbonyl (C=O) groups is 2. The Hall–Kier alpha value is -2.93. The average molecular weight is 414 g/mol. The summed E-state index contributed by atoms with van der Waals surface area (Å²) in [6.07, 6.45) is 2.37. The second-order valence-electron chi connectivity index (χ2n) is 7.38. The van der Waals surface area contributed by atoms with Crippen LogP contribution in [0.25, 0.3) is 0 Å². The van der Waals surface area contributed by atoms with Crippen molar-refractivity contribution in [2.45, 2.75) is 31.8 Å². The molecule has 0 unspecified atom stereocenters. The zero-order valence-corrected chi connectivity index (χ0v) is 16.5. The van der Waals surface area contributed by atoms with Gasteiger partial charge in [-0.25, -0.2) is 0 Å². The van der Waals surface area contributed by atoms with Crippen LogP contribution < -0.4 is 0 Å². The fraction of sp³-hybridized carbons (Fsp3) is 0.333. The standard InChI is InChI=1S/C21H20ClN3O4/c22-17-8-7-15(12-18(17)25(28)29)20(26)24-13-16-6-2-1-5-14(16)11-19(24)21(27)23-9-3-4-10-23/h1-2,5-8,12,19H,3-4,9-11,13H2/t19-/m0/s1. The molecule has 2 heterocycles. The first-order valence-electron chi connectivity index (χ1n) is 9.56. The fourth-order valence-corrected chi connectivity index (χ4v) is 4.24. The van der Waals surface area contributed by atoms with Gasteiger partial charge in [0.05, 0.1) is 4.92 Å². The van der Waals surface area contributed by atoms with Gasteiger partial charge in [0, 0.05) is 37.7 Å². The van der Waals surface area contributed by atoms with Crippen LogP contribution in [0.1, 0.15) is 34.3 Å². The van der Waals surface area contributed by atoms with Gasteiger partial charge in [0.15, 0.2) is 0 Å². The molecule has 2 aromatic carbocycles. The second-order valence-corrected chi connectivity index (χ2v) is 7.78. The first kappa shape index (κ1) is 19.4. The van der Waals surface area contributed by atoms with Crippen molar-refractivity contribution in [2.75, 3.05) is 13.1 Å². The van der Waals surface area contributed by atoms with Crippen LogP contribution >= 0.6 is 11.6 Å². The van der Waals surface area contributed by atoms with Crippen LogP contribution in [0.3, 0.4) is 0 Å². The molecular formula is C21H20ClN3O4. The number of nitro benzene ring substituents is 1. The van der Waals surface area contributed by atoms with Gasteiger partial charge in [-0.3, -0.25) is 19.7 Å². The largest absolute Gasteiger partial charge is 0.341 e. The SMILES string of the molecule is O=C([C@@H]1Cc2ccccc2CN1C(=O)c1ccc(Cl)c([N+](=O)[O-])c1)N1CCCC1. The first-order valence-corrected chi connectivity index (χ1v) is 9.94. The van der Waals surface area contributed by atoms with E-state index in [1.54, 1.807) is 0 Å². The molecule has 150 valence electrons. The van der Waals surface area contributed by atoms with Crippen molar-refractivity contribution in [1.82, 2.24) is 9.80 Å². The van der Waals surface area contributed by atoms with Crippen molar-refractivity contribution in [3.05, 3.63) is 74.3 Å². The lowest BCUT2D eigenvalue weighted by molar-refractivity contribution is -0.384. The van der Waals surface area contributed by atoms with Crippen LogP contribution in [0.2, 0.25) is 5.02 Å². The van der Waals surface area contributed by atoms with Gasteiger partial charge in [-0.05, 0) is 36.1 Å². The van der Waals surface area contributed by atoms with Gasteiger partial charge in [-0.1, -0.05) is 35.9 Å². The molecule has 2 aliphatic rings. The Balaban J connectivity index is 1.70. The second kappa shape index (κ2) is 7.83. The molecule has 0 bridgehead atoms. The number of amides is 2. The van der Waals surface area contributed by atoms with Crippen molar-refractivity contribution in [3.63, 3.8) is 0 Å². The monoisotopic (exact) mass is 413 g/mol. The third kappa shape index (κ3) is 3.70. The molecule has 0 aliphatic carbocycles. The summed E-state index contributed by atoms with van der Waals surface area (Å²) in [6, 6.07) is 11.1. The molecule has 2 aliphatic heterocycles. The van der Waals surface area contributed by atoms with Crippen molar-refractivity contribution < 1.29 is 14.5 Å². The summed E-state index contributed by atoms with van der Waals surface area (Å²) >= 11 is 5.89. The highest BCUT2D eigenvalue weighted by atomic mass is 35.5. The van der Waals surface area contributed by atoms with E-state index in [2.05, 4.69) is 0 Å². The van der Waals surface area contributed by atoms with Crippen molar-refractivity contribution in [3.8, 4) is 0 Å². The van der Waals surface area contributed by atoms with Crippen molar-refractivity contribution >= 4 is 29.1 Å². The Bertz CT molecular complexity index is 988. The number of carbonyl (C=O) groups excluding carboxylic acids is 2. The summed E-state index contributed by atoms with van der Waals surface area (Å²) in [5.74, 6) is -0.467. The number of hydrogen-bond donors (Lipinski definition) is 0. The first-order chi connectivity index (χ1) is 14.0. The highest BCUT2D eigenvalue weighted by molar-refractivity contribution is 6.32. The molecule has 1 saturated heterocycles. The van der Waals surface area contributed by atoms with Gasteiger partial charge >= 0.3 is 0 Å². The van der Waals surface area contributed by atoms with Crippen LogP contribution in [0.4, 0.5) is 5.69 Å². The maximum Gasteiger partial charge on any atom is 0.288 e. The lowest BCUT2D eigenvalue weighted by Gasteiger charge is -2.38. The Morgan fingerprint density at radius 1 is 1.07 bits per heavy atom. The molecule has 29 heavy (non-hydrogen) atoms. The smallest absolute Gasteiger partial charge is 0.288 e. The predicted octanol–water partition coefficient (Wildman–Crippen LogP) is 3.44. The summed E-state index contributed by atoms with van der Waals surface area (Å²) in [5, 5.41) is 11.2. The van der Waals surface area contributed by atoms with E-state index in [4.69, 9.17) is 11.6 Å². The third-order valence-electron chi connectivity index (χ3n) is 5.60. The Labute approximate surface area is 173 Å². The number of benzene rings is 2. The molecule has 0 radical (unpaired) electrons. The van der Waals surface area contributed by atoms with E-state index in [0.717, 1.165) is 24.0 Å². The number of rotatable bonds is 3. The number of nitrogens with zero attached hydrogens (tertiary/aromatic N) is 3. The topological polar surface area (TPSA) is 83.8 Å². The van der Waals surface area contributed by atoms with Crippen LogP contribution in [-0.2, 0) is 17.8 Å². The van der Waals surface area contributed by atoms with E-state index < -0.39 is 16.9 Å². The van der Waals surface area contributed by atoms with E-state index in [-0.39, 0.29) is 28.7 Å². The van der Waals surface area contributed by atoms with Crippen molar-refractivity contribution in [2.24, 2.45) is 0 Å². The molecule has 0 saturated carbocycles. The Kier molecular flexibility index (Phi) is 5.24. The van der Waals surface area contributed by atoms with E-state index in [9.17, 15) is 19.7 Å². The summed E-state index contributed by atoms with van der Waals surface area (Å²) in [4.78, 5) is 40.5. The molecule has 0 aromatic heterocycles. The maximum atomic E-state index is 13.3. The van der Waals surface area contributed by atoms with Gasteiger partial charge in [0.2, 0.25) is 5.91 Å². The predicted molar refractivity (Wildman–Crippen MR) is 108 cm³/mol. The molecule has 0 N–H and O–H groups in total. The fourth-order valence-electron chi connectivity index (χ4n) is 4.06. The van der Waals surface area contributed by atoms with Crippen LogP contribution in [0.5, 0.6) is 0 Å². The highest BCUT2D eigenvalue weighted by Gasteiger charge is 2.38. The minimum Gasteiger partial charge on any atom is -0.341 e. The highest BCUT2D eigenvalue weighted by Crippen LogP contribution is 2.30. The van der Waals surface area contributed by atoms with E-state index >= 15 is 0 Å². The lowest BCUT2D eigenvalue weighted by Crippen LogP contribution is -2.53. The van der Waals surface area contributed by atoms with E-state index in [0.29, 0.717) is 19.5 Å². The average Bonchev–Trinajstić information content (AvgIpc) is 3.27. The zero-order chi connectivity index (χ0) is 20.5. The minimum atomic E-state index is -0.620. The van der Waals surface area contributed by atoms with Gasteiger partial charge in [-0.15, -0.1) is 0 Å². The number of hydrogen-bond acceptors (Lipinski definition) is 4. The van der Waals surface area contributed by atoms with Crippen LogP contribution in [-0.4, -0.2) is 45.7 Å². The van der Waals surface area contributed by atoms with E-state index in [1.807, 2.05) is 29.2 Å². The normalized spacial score (nSPS) is 18.4. The van der Waals surface area contributed by atoms with E-state index in [1.165, 1.54) is 23.1 Å². The molecule has 4 rings (SSSR count). The summed E-state index contributed by atoms with van der Waals surface area (Å²) < 4.78 is 0. The van der Waals surface area contributed by atoms with Crippen LogP contribution in [0.15, 0.2) is 42.5 Å². The lowest BCUT2D eigenvalue weighted by atomic mass is 9.92. The summed E-state index contributed by atoms with van der Waals surface area (Å²) in [7, 11) is 0. The van der Waals surface area contributed by atoms with Gasteiger partial charge in [0.1, 0.15) is 11.1 Å². The molecule has 2 amide bonds. The van der Waals surface area contributed by atoms with Crippen molar-refractivity contribution in [1.29, 1.82) is 0 Å². The maximum absolute atomic E-state index is 13.3. The number of nitro groups is 1.